The summed E-state index contributed by atoms with van der Waals surface area (Å²) in [5.41, 5.74) is 8.96. The number of methoxy groups -OCH3 is 1. The molecule has 4 nitrogen and oxygen atoms in total. The van der Waals surface area contributed by atoms with Crippen molar-refractivity contribution in [2.75, 3.05) is 12.8 Å². The van der Waals surface area contributed by atoms with Crippen LogP contribution in [-0.2, 0) is 0 Å². The van der Waals surface area contributed by atoms with E-state index < -0.39 is 0 Å². The van der Waals surface area contributed by atoms with Crippen LogP contribution in [0.2, 0.25) is 5.02 Å². The first-order valence-corrected chi connectivity index (χ1v) is 6.73. The van der Waals surface area contributed by atoms with Crippen LogP contribution < -0.4 is 10.5 Å². The largest absolute Gasteiger partial charge is 0.497 e. The Hall–Kier alpha value is -2.46. The Balaban J connectivity index is 2.15. The number of halogens is 1. The summed E-state index contributed by atoms with van der Waals surface area (Å²) in [5.74, 6) is 1.03. The predicted octanol–water partition coefficient (Wildman–Crippen LogP) is 4.25. The number of hydrogen-bond donors (Lipinski definition) is 1. The SMILES string of the molecule is COc1ccc(-c2c(-c3ccccc3Cl)noc2N)cc1. The van der Waals surface area contributed by atoms with Crippen LogP contribution in [-0.4, -0.2) is 12.3 Å². The van der Waals surface area contributed by atoms with Gasteiger partial charge in [-0.2, -0.15) is 0 Å². The Bertz CT molecular complexity index is 766. The molecule has 0 saturated heterocycles. The molecule has 0 spiro atoms. The number of nitrogens with two attached hydrogens (primary N) is 1. The number of nitrogen functional groups attached to an aromatic ring is 1. The van der Waals surface area contributed by atoms with Gasteiger partial charge in [-0.05, 0) is 23.8 Å². The van der Waals surface area contributed by atoms with E-state index in [0.717, 1.165) is 22.4 Å². The lowest BCUT2D eigenvalue weighted by molar-refractivity contribution is 0.415. The van der Waals surface area contributed by atoms with Crippen LogP contribution in [0.5, 0.6) is 5.75 Å². The zero-order valence-electron chi connectivity index (χ0n) is 11.3. The zero-order chi connectivity index (χ0) is 14.8. The summed E-state index contributed by atoms with van der Waals surface area (Å²) in [6.07, 6.45) is 0. The lowest BCUT2D eigenvalue weighted by atomic mass is 10.0. The molecule has 0 aliphatic carbocycles. The number of nitrogens with zero attached hydrogens (tertiary/aromatic N) is 1. The Morgan fingerprint density at radius 2 is 1.81 bits per heavy atom. The third-order valence-electron chi connectivity index (χ3n) is 3.23. The van der Waals surface area contributed by atoms with E-state index in [9.17, 15) is 0 Å². The van der Waals surface area contributed by atoms with Crippen molar-refractivity contribution < 1.29 is 9.26 Å². The smallest absolute Gasteiger partial charge is 0.230 e. The number of hydrogen-bond acceptors (Lipinski definition) is 4. The van der Waals surface area contributed by atoms with Crippen LogP contribution >= 0.6 is 11.6 Å². The average molecular weight is 301 g/mol. The van der Waals surface area contributed by atoms with Crippen molar-refractivity contribution >= 4 is 17.5 Å². The highest BCUT2D eigenvalue weighted by atomic mass is 35.5. The molecule has 0 unspecified atom stereocenters. The van der Waals surface area contributed by atoms with E-state index in [0.29, 0.717) is 10.7 Å². The van der Waals surface area contributed by atoms with E-state index in [1.165, 1.54) is 0 Å². The van der Waals surface area contributed by atoms with Crippen LogP contribution in [0.25, 0.3) is 22.4 Å². The molecule has 21 heavy (non-hydrogen) atoms. The van der Waals surface area contributed by atoms with Crippen molar-refractivity contribution in [2.24, 2.45) is 0 Å². The quantitative estimate of drug-likeness (QED) is 0.785. The van der Waals surface area contributed by atoms with Gasteiger partial charge in [0, 0.05) is 5.56 Å². The maximum absolute atomic E-state index is 6.23. The lowest BCUT2D eigenvalue weighted by Gasteiger charge is -2.05. The van der Waals surface area contributed by atoms with Crippen molar-refractivity contribution in [1.82, 2.24) is 5.16 Å². The number of benzene rings is 2. The summed E-state index contributed by atoms with van der Waals surface area (Å²) in [6.45, 7) is 0. The highest BCUT2D eigenvalue weighted by Crippen LogP contribution is 2.39. The molecule has 2 aromatic carbocycles. The van der Waals surface area contributed by atoms with E-state index in [-0.39, 0.29) is 5.88 Å². The van der Waals surface area contributed by atoms with E-state index >= 15 is 0 Å². The van der Waals surface area contributed by atoms with Crippen LogP contribution in [0, 0.1) is 0 Å². The van der Waals surface area contributed by atoms with E-state index in [2.05, 4.69) is 5.16 Å². The molecule has 0 bridgehead atoms. The molecule has 3 aromatic rings. The second-order valence-corrected chi connectivity index (χ2v) is 4.89. The summed E-state index contributed by atoms with van der Waals surface area (Å²) < 4.78 is 10.3. The summed E-state index contributed by atoms with van der Waals surface area (Å²) in [4.78, 5) is 0. The molecule has 0 saturated carbocycles. The highest BCUT2D eigenvalue weighted by Gasteiger charge is 2.19. The molecule has 2 N–H and O–H groups in total. The fourth-order valence-corrected chi connectivity index (χ4v) is 2.40. The highest BCUT2D eigenvalue weighted by molar-refractivity contribution is 6.33. The minimum atomic E-state index is 0.259. The minimum absolute atomic E-state index is 0.259. The van der Waals surface area contributed by atoms with Gasteiger partial charge in [0.1, 0.15) is 11.4 Å². The molecule has 1 heterocycles. The van der Waals surface area contributed by atoms with E-state index in [1.807, 2.05) is 42.5 Å². The molecule has 0 amide bonds. The molecule has 0 radical (unpaired) electrons. The number of rotatable bonds is 3. The average Bonchev–Trinajstić information content (AvgIpc) is 2.89. The van der Waals surface area contributed by atoms with Crippen molar-refractivity contribution in [3.05, 3.63) is 53.6 Å². The Morgan fingerprint density at radius 1 is 1.10 bits per heavy atom. The fraction of sp³-hybridized carbons (Fsp3) is 0.0625. The summed E-state index contributed by atoms with van der Waals surface area (Å²) in [6, 6.07) is 15.0. The molecule has 0 aliphatic rings. The summed E-state index contributed by atoms with van der Waals surface area (Å²) in [5, 5.41) is 4.65. The van der Waals surface area contributed by atoms with Gasteiger partial charge in [-0.1, -0.05) is 47.1 Å². The maximum Gasteiger partial charge on any atom is 0.230 e. The van der Waals surface area contributed by atoms with Crippen LogP contribution in [0.15, 0.2) is 53.1 Å². The van der Waals surface area contributed by atoms with Gasteiger partial charge in [-0.15, -0.1) is 0 Å². The van der Waals surface area contributed by atoms with Gasteiger partial charge in [0.05, 0.1) is 17.7 Å². The maximum atomic E-state index is 6.23. The Labute approximate surface area is 127 Å². The number of aromatic nitrogens is 1. The number of anilines is 1. The Kier molecular flexibility index (Phi) is 3.54. The van der Waals surface area contributed by atoms with Gasteiger partial charge in [0.15, 0.2) is 0 Å². The summed E-state index contributed by atoms with van der Waals surface area (Å²) >= 11 is 6.23. The van der Waals surface area contributed by atoms with Gasteiger partial charge in [-0.25, -0.2) is 0 Å². The van der Waals surface area contributed by atoms with Gasteiger partial charge in [-0.3, -0.25) is 0 Å². The topological polar surface area (TPSA) is 61.3 Å². The molecular formula is C16H13ClN2O2. The van der Waals surface area contributed by atoms with Crippen molar-refractivity contribution in [2.45, 2.75) is 0 Å². The van der Waals surface area contributed by atoms with Gasteiger partial charge in [0.25, 0.3) is 0 Å². The Morgan fingerprint density at radius 3 is 2.48 bits per heavy atom. The van der Waals surface area contributed by atoms with Crippen molar-refractivity contribution in [3.8, 4) is 28.1 Å². The first-order chi connectivity index (χ1) is 10.2. The van der Waals surface area contributed by atoms with Crippen molar-refractivity contribution in [3.63, 3.8) is 0 Å². The predicted molar refractivity (Wildman–Crippen MR) is 83.3 cm³/mol. The first kappa shape index (κ1) is 13.5. The molecular weight excluding hydrogens is 288 g/mol. The molecule has 1 aromatic heterocycles. The second kappa shape index (κ2) is 5.50. The minimum Gasteiger partial charge on any atom is -0.497 e. The fourth-order valence-electron chi connectivity index (χ4n) is 2.18. The zero-order valence-corrected chi connectivity index (χ0v) is 12.1. The molecule has 106 valence electrons. The normalized spacial score (nSPS) is 10.6. The third-order valence-corrected chi connectivity index (χ3v) is 3.56. The number of ether oxygens (including phenoxy) is 1. The van der Waals surface area contributed by atoms with Gasteiger partial charge >= 0.3 is 0 Å². The lowest BCUT2D eigenvalue weighted by Crippen LogP contribution is -1.89. The van der Waals surface area contributed by atoms with Crippen LogP contribution in [0.3, 0.4) is 0 Å². The van der Waals surface area contributed by atoms with Crippen molar-refractivity contribution in [1.29, 1.82) is 0 Å². The standard InChI is InChI=1S/C16H13ClN2O2/c1-20-11-8-6-10(7-9-11)14-15(19-21-16(14)18)12-4-2-3-5-13(12)17/h2-9H,18H2,1H3. The molecule has 5 heteroatoms. The summed E-state index contributed by atoms with van der Waals surface area (Å²) in [7, 11) is 1.62. The molecule has 0 atom stereocenters. The molecule has 0 fully saturated rings. The first-order valence-electron chi connectivity index (χ1n) is 6.35. The second-order valence-electron chi connectivity index (χ2n) is 4.48. The molecule has 3 rings (SSSR count). The van der Waals surface area contributed by atoms with Gasteiger partial charge < -0.3 is 15.0 Å². The van der Waals surface area contributed by atoms with Gasteiger partial charge in [0.2, 0.25) is 5.88 Å². The van der Waals surface area contributed by atoms with Crippen LogP contribution in [0.1, 0.15) is 0 Å². The molecule has 0 aliphatic heterocycles. The van der Waals surface area contributed by atoms with E-state index in [1.54, 1.807) is 13.2 Å². The van der Waals surface area contributed by atoms with Crippen LogP contribution in [0.4, 0.5) is 5.88 Å². The third kappa shape index (κ3) is 2.45. The van der Waals surface area contributed by atoms with E-state index in [4.69, 9.17) is 26.6 Å². The monoisotopic (exact) mass is 300 g/mol.